The number of carbonyl (C=O) groups is 3. The number of ether oxygens (including phenoxy) is 3. The summed E-state index contributed by atoms with van der Waals surface area (Å²) in [6, 6.07) is 0. The summed E-state index contributed by atoms with van der Waals surface area (Å²) < 4.78 is 15.8. The van der Waals surface area contributed by atoms with Gasteiger partial charge in [0.05, 0.1) is 36.7 Å². The van der Waals surface area contributed by atoms with E-state index in [4.69, 9.17) is 19.7 Å². The lowest BCUT2D eigenvalue weighted by atomic mass is 9.80. The third kappa shape index (κ3) is 12.0. The third-order valence-electron chi connectivity index (χ3n) is 4.18. The normalized spacial score (nSPS) is 13.0. The Hall–Kier alpha value is -1.88. The summed E-state index contributed by atoms with van der Waals surface area (Å²) in [4.78, 5) is 38.5. The zero-order valence-corrected chi connectivity index (χ0v) is 19.6. The standard InChI is InChI=1S/C18H32BrN5O6/c1-18(2,12-13(15(25)21-3)11-14(19)16(26)22-4)17(27)30-10-9-29-8-7-28-6-5-23-24-20/h13-14H,5-12H2,1-4H3,(H,21,25)(H,22,26). The number of halogens is 1. The molecule has 0 saturated carbocycles. The van der Waals surface area contributed by atoms with Crippen molar-refractivity contribution < 1.29 is 28.6 Å². The van der Waals surface area contributed by atoms with Gasteiger partial charge in [-0.25, -0.2) is 0 Å². The Morgan fingerprint density at radius 2 is 1.60 bits per heavy atom. The minimum Gasteiger partial charge on any atom is -0.463 e. The van der Waals surface area contributed by atoms with E-state index in [1.807, 2.05) is 0 Å². The Balaban J connectivity index is 4.38. The zero-order chi connectivity index (χ0) is 23.0. The fraction of sp³-hybridized carbons (Fsp3) is 0.833. The van der Waals surface area contributed by atoms with Gasteiger partial charge in [0.1, 0.15) is 6.61 Å². The summed E-state index contributed by atoms with van der Waals surface area (Å²) in [5, 5.41) is 8.44. The molecule has 0 aromatic rings. The molecule has 2 N–H and O–H groups in total. The molecule has 2 unspecified atom stereocenters. The van der Waals surface area contributed by atoms with Gasteiger partial charge in [0.15, 0.2) is 0 Å². The quantitative estimate of drug-likeness (QED) is 0.0830. The van der Waals surface area contributed by atoms with Gasteiger partial charge in [0.25, 0.3) is 0 Å². The molecule has 0 aromatic heterocycles. The maximum atomic E-state index is 12.5. The van der Waals surface area contributed by atoms with Crippen molar-refractivity contribution in [2.75, 3.05) is 53.7 Å². The fourth-order valence-corrected chi connectivity index (χ4v) is 3.24. The molecular formula is C18H32BrN5O6. The van der Waals surface area contributed by atoms with Crippen LogP contribution in [0.25, 0.3) is 10.4 Å². The third-order valence-corrected chi connectivity index (χ3v) is 4.97. The molecule has 30 heavy (non-hydrogen) atoms. The Kier molecular flexibility index (Phi) is 14.9. The van der Waals surface area contributed by atoms with Crippen molar-refractivity contribution in [3.63, 3.8) is 0 Å². The number of alkyl halides is 1. The maximum Gasteiger partial charge on any atom is 0.311 e. The van der Waals surface area contributed by atoms with Crippen LogP contribution in [0, 0.1) is 11.3 Å². The van der Waals surface area contributed by atoms with E-state index < -0.39 is 22.1 Å². The molecule has 0 heterocycles. The second kappa shape index (κ2) is 15.9. The van der Waals surface area contributed by atoms with Gasteiger partial charge in [-0.2, -0.15) is 0 Å². The number of hydrogen-bond acceptors (Lipinski definition) is 7. The number of amides is 2. The Morgan fingerprint density at radius 1 is 1.03 bits per heavy atom. The highest BCUT2D eigenvalue weighted by atomic mass is 79.9. The number of rotatable bonds is 16. The predicted octanol–water partition coefficient (Wildman–Crippen LogP) is 1.55. The molecule has 0 aliphatic carbocycles. The van der Waals surface area contributed by atoms with Gasteiger partial charge in [-0.15, -0.1) is 0 Å². The van der Waals surface area contributed by atoms with Crippen LogP contribution < -0.4 is 10.6 Å². The molecule has 0 radical (unpaired) electrons. The average molecular weight is 494 g/mol. The summed E-state index contributed by atoms with van der Waals surface area (Å²) in [6.07, 6.45) is 0.476. The molecule has 0 saturated heterocycles. The van der Waals surface area contributed by atoms with Crippen molar-refractivity contribution in [2.24, 2.45) is 16.4 Å². The lowest BCUT2D eigenvalue weighted by Gasteiger charge is -2.28. The van der Waals surface area contributed by atoms with E-state index in [0.29, 0.717) is 19.8 Å². The van der Waals surface area contributed by atoms with E-state index >= 15 is 0 Å². The average Bonchev–Trinajstić information content (AvgIpc) is 2.72. The van der Waals surface area contributed by atoms with E-state index in [1.165, 1.54) is 14.1 Å². The van der Waals surface area contributed by atoms with Crippen LogP contribution in [0.1, 0.15) is 26.7 Å². The Bertz CT molecular complexity index is 598. The number of hydrogen-bond donors (Lipinski definition) is 2. The second-order valence-electron chi connectivity index (χ2n) is 7.03. The number of esters is 1. The molecule has 0 spiro atoms. The van der Waals surface area contributed by atoms with Gasteiger partial charge in [-0.3, -0.25) is 14.4 Å². The van der Waals surface area contributed by atoms with Gasteiger partial charge in [0, 0.05) is 31.5 Å². The van der Waals surface area contributed by atoms with Gasteiger partial charge >= 0.3 is 5.97 Å². The van der Waals surface area contributed by atoms with Crippen molar-refractivity contribution in [2.45, 2.75) is 31.5 Å². The molecule has 0 rings (SSSR count). The minimum absolute atomic E-state index is 0.0743. The van der Waals surface area contributed by atoms with Gasteiger partial charge < -0.3 is 24.8 Å². The first kappa shape index (κ1) is 28.1. The van der Waals surface area contributed by atoms with E-state index in [9.17, 15) is 14.4 Å². The monoisotopic (exact) mass is 493 g/mol. The lowest BCUT2D eigenvalue weighted by Crippen LogP contribution is -2.39. The first-order valence-corrected chi connectivity index (χ1v) is 10.5. The van der Waals surface area contributed by atoms with Crippen LogP contribution in [-0.2, 0) is 28.6 Å². The zero-order valence-electron chi connectivity index (χ0n) is 18.0. The van der Waals surface area contributed by atoms with Crippen LogP contribution in [0.15, 0.2) is 5.11 Å². The number of azide groups is 1. The van der Waals surface area contributed by atoms with Crippen LogP contribution in [0.3, 0.4) is 0 Å². The first-order valence-electron chi connectivity index (χ1n) is 9.60. The smallest absolute Gasteiger partial charge is 0.311 e. The topological polar surface area (TPSA) is 152 Å². The van der Waals surface area contributed by atoms with E-state index in [1.54, 1.807) is 13.8 Å². The van der Waals surface area contributed by atoms with Crippen molar-refractivity contribution >= 4 is 33.7 Å². The molecule has 2 atom stereocenters. The van der Waals surface area contributed by atoms with Crippen molar-refractivity contribution in [3.8, 4) is 0 Å². The number of nitrogens with one attached hydrogen (secondary N) is 2. The maximum absolute atomic E-state index is 12.5. The molecule has 12 heteroatoms. The highest BCUT2D eigenvalue weighted by molar-refractivity contribution is 9.10. The second-order valence-corrected chi connectivity index (χ2v) is 8.14. The first-order chi connectivity index (χ1) is 14.2. The largest absolute Gasteiger partial charge is 0.463 e. The highest BCUT2D eigenvalue weighted by Gasteiger charge is 2.36. The van der Waals surface area contributed by atoms with E-state index in [2.05, 4.69) is 36.6 Å². The van der Waals surface area contributed by atoms with E-state index in [0.717, 1.165) is 0 Å². The Labute approximate surface area is 185 Å². The molecule has 0 aliphatic rings. The van der Waals surface area contributed by atoms with E-state index in [-0.39, 0.29) is 44.4 Å². The van der Waals surface area contributed by atoms with Crippen LogP contribution in [-0.4, -0.2) is 76.3 Å². The molecular weight excluding hydrogens is 462 g/mol. The summed E-state index contributed by atoms with van der Waals surface area (Å²) in [5.41, 5.74) is 7.21. The Morgan fingerprint density at radius 3 is 2.17 bits per heavy atom. The van der Waals surface area contributed by atoms with Gasteiger partial charge in [0.2, 0.25) is 11.8 Å². The SMILES string of the molecule is CNC(=O)C(Br)CC(CC(C)(C)C(=O)OCCOCCOCCN=[N+]=[N-])C(=O)NC. The highest BCUT2D eigenvalue weighted by Crippen LogP contribution is 2.31. The predicted molar refractivity (Wildman–Crippen MR) is 114 cm³/mol. The lowest BCUT2D eigenvalue weighted by molar-refractivity contribution is -0.157. The fourth-order valence-electron chi connectivity index (χ4n) is 2.56. The summed E-state index contributed by atoms with van der Waals surface area (Å²) in [6.45, 7) is 4.93. The molecule has 2 amide bonds. The molecule has 0 aliphatic heterocycles. The van der Waals surface area contributed by atoms with Crippen LogP contribution in [0.4, 0.5) is 0 Å². The number of nitrogens with zero attached hydrogens (tertiary/aromatic N) is 3. The van der Waals surface area contributed by atoms with Crippen LogP contribution >= 0.6 is 15.9 Å². The van der Waals surface area contributed by atoms with Gasteiger partial charge in [-0.1, -0.05) is 21.0 Å². The van der Waals surface area contributed by atoms with Crippen LogP contribution in [0.2, 0.25) is 0 Å². The molecule has 172 valence electrons. The van der Waals surface area contributed by atoms with Gasteiger partial charge in [-0.05, 0) is 32.2 Å². The molecule has 0 aromatic carbocycles. The van der Waals surface area contributed by atoms with Crippen LogP contribution in [0.5, 0.6) is 0 Å². The molecule has 0 bridgehead atoms. The summed E-state index contributed by atoms with van der Waals surface area (Å²) in [7, 11) is 3.03. The van der Waals surface area contributed by atoms with Crippen molar-refractivity contribution in [1.82, 2.24) is 10.6 Å². The summed E-state index contributed by atoms with van der Waals surface area (Å²) in [5.74, 6) is -1.47. The summed E-state index contributed by atoms with van der Waals surface area (Å²) >= 11 is 3.28. The minimum atomic E-state index is -0.920. The number of carbonyl (C=O) groups excluding carboxylic acids is 3. The molecule has 11 nitrogen and oxygen atoms in total. The van der Waals surface area contributed by atoms with Crippen molar-refractivity contribution in [1.29, 1.82) is 0 Å². The molecule has 0 fully saturated rings. The van der Waals surface area contributed by atoms with Crippen molar-refractivity contribution in [3.05, 3.63) is 10.4 Å².